The second kappa shape index (κ2) is 3.44. The van der Waals surface area contributed by atoms with Gasteiger partial charge in [-0.25, -0.2) is 0 Å². The number of nitrogens with zero attached hydrogens (tertiary/aromatic N) is 1. The Kier molecular flexibility index (Phi) is 2.30. The monoisotopic (exact) mass is 168 g/mol. The number of hydrogen-bond acceptors (Lipinski definition) is 2. The second-order valence-electron chi connectivity index (χ2n) is 3.68. The molecule has 68 valence electrons. The van der Waals surface area contributed by atoms with Crippen LogP contribution in [0.2, 0.25) is 0 Å². The zero-order valence-electron chi connectivity index (χ0n) is 7.38. The Hall–Kier alpha value is -0.570. The Balaban J connectivity index is 1.84. The Morgan fingerprint density at radius 1 is 1.25 bits per heavy atom. The van der Waals surface area contributed by atoms with E-state index < -0.39 is 0 Å². The first-order valence-corrected chi connectivity index (χ1v) is 4.90. The molecule has 0 aromatic heterocycles. The summed E-state index contributed by atoms with van der Waals surface area (Å²) >= 11 is 0. The number of carbonyl (C=O) groups is 1. The lowest BCUT2D eigenvalue weighted by Crippen LogP contribution is -2.55. The minimum Gasteiger partial charge on any atom is -0.341 e. The molecule has 0 bridgehead atoms. The lowest BCUT2D eigenvalue weighted by molar-refractivity contribution is -0.136. The van der Waals surface area contributed by atoms with E-state index in [2.05, 4.69) is 5.32 Å². The normalized spacial score (nSPS) is 29.7. The molecule has 0 radical (unpaired) electrons. The van der Waals surface area contributed by atoms with Crippen LogP contribution in [0.1, 0.15) is 25.7 Å². The number of carbonyl (C=O) groups excluding carboxylic acids is 1. The maximum atomic E-state index is 11.6. The van der Waals surface area contributed by atoms with Gasteiger partial charge in [0, 0.05) is 13.1 Å². The minimum absolute atomic E-state index is 0.156. The molecule has 12 heavy (non-hydrogen) atoms. The highest BCUT2D eigenvalue weighted by molar-refractivity contribution is 5.82. The Morgan fingerprint density at radius 2 is 1.92 bits per heavy atom. The van der Waals surface area contributed by atoms with Gasteiger partial charge in [0.25, 0.3) is 0 Å². The van der Waals surface area contributed by atoms with Crippen LogP contribution < -0.4 is 5.32 Å². The number of amides is 1. The first-order chi connectivity index (χ1) is 5.88. The van der Waals surface area contributed by atoms with Crippen LogP contribution in [0.4, 0.5) is 0 Å². The first kappa shape index (κ1) is 8.05. The van der Waals surface area contributed by atoms with Crippen molar-refractivity contribution in [1.82, 2.24) is 10.2 Å². The average Bonchev–Trinajstić information content (AvgIpc) is 2.03. The van der Waals surface area contributed by atoms with Gasteiger partial charge in [-0.3, -0.25) is 4.79 Å². The third kappa shape index (κ3) is 1.46. The Morgan fingerprint density at radius 3 is 2.42 bits per heavy atom. The van der Waals surface area contributed by atoms with Gasteiger partial charge in [0.05, 0.1) is 6.04 Å². The molecule has 0 aromatic carbocycles. The van der Waals surface area contributed by atoms with E-state index in [0.717, 1.165) is 26.1 Å². The molecule has 0 spiro atoms. The van der Waals surface area contributed by atoms with Crippen molar-refractivity contribution >= 4 is 5.91 Å². The Bertz CT molecular complexity index is 171. The smallest absolute Gasteiger partial charge is 0.239 e. The van der Waals surface area contributed by atoms with E-state index >= 15 is 0 Å². The molecule has 2 saturated heterocycles. The van der Waals surface area contributed by atoms with Gasteiger partial charge in [0.1, 0.15) is 0 Å². The van der Waals surface area contributed by atoms with Gasteiger partial charge in [-0.05, 0) is 32.2 Å². The van der Waals surface area contributed by atoms with E-state index in [-0.39, 0.29) is 6.04 Å². The molecule has 2 fully saturated rings. The number of likely N-dealkylation sites (tertiary alicyclic amines) is 1. The van der Waals surface area contributed by atoms with Crippen LogP contribution in [-0.2, 0) is 4.79 Å². The number of rotatable bonds is 1. The van der Waals surface area contributed by atoms with Crippen molar-refractivity contribution in [1.29, 1.82) is 0 Å². The van der Waals surface area contributed by atoms with E-state index in [9.17, 15) is 4.79 Å². The molecule has 2 heterocycles. The van der Waals surface area contributed by atoms with Crippen molar-refractivity contribution in [2.24, 2.45) is 0 Å². The van der Waals surface area contributed by atoms with Crippen molar-refractivity contribution in [3.63, 3.8) is 0 Å². The lowest BCUT2D eigenvalue weighted by Gasteiger charge is -2.34. The summed E-state index contributed by atoms with van der Waals surface area (Å²) in [5.41, 5.74) is 0. The molecule has 2 aliphatic rings. The molecule has 1 atom stereocenters. The van der Waals surface area contributed by atoms with Gasteiger partial charge in [0.2, 0.25) is 5.91 Å². The zero-order valence-corrected chi connectivity index (χ0v) is 7.38. The highest BCUT2D eigenvalue weighted by Gasteiger charge is 2.29. The fourth-order valence-electron chi connectivity index (χ4n) is 1.83. The molecule has 0 saturated carbocycles. The molecule has 0 aliphatic carbocycles. The molecule has 1 amide bonds. The van der Waals surface area contributed by atoms with Crippen LogP contribution in [-0.4, -0.2) is 36.5 Å². The van der Waals surface area contributed by atoms with Crippen LogP contribution in [0.3, 0.4) is 0 Å². The predicted molar refractivity (Wildman–Crippen MR) is 46.8 cm³/mol. The standard InChI is InChI=1S/C9H16N2O/c12-9(8-4-5-10-8)11-6-2-1-3-7-11/h8,10H,1-7H2/t8-/m1/s1. The summed E-state index contributed by atoms with van der Waals surface area (Å²) < 4.78 is 0. The summed E-state index contributed by atoms with van der Waals surface area (Å²) in [6, 6.07) is 0.156. The van der Waals surface area contributed by atoms with E-state index in [1.54, 1.807) is 0 Å². The fraction of sp³-hybridized carbons (Fsp3) is 0.889. The summed E-state index contributed by atoms with van der Waals surface area (Å²) in [4.78, 5) is 13.7. The van der Waals surface area contributed by atoms with Gasteiger partial charge in [-0.1, -0.05) is 0 Å². The SMILES string of the molecule is O=C([C@H]1CCN1)N1CCCCC1. The summed E-state index contributed by atoms with van der Waals surface area (Å²) in [5.74, 6) is 0.334. The van der Waals surface area contributed by atoms with Gasteiger partial charge in [-0.15, -0.1) is 0 Å². The molecular weight excluding hydrogens is 152 g/mol. The van der Waals surface area contributed by atoms with Crippen LogP contribution in [0.15, 0.2) is 0 Å². The third-order valence-electron chi connectivity index (χ3n) is 2.79. The molecule has 2 rings (SSSR count). The van der Waals surface area contributed by atoms with Gasteiger partial charge >= 0.3 is 0 Å². The first-order valence-electron chi connectivity index (χ1n) is 4.90. The number of hydrogen-bond donors (Lipinski definition) is 1. The fourth-order valence-corrected chi connectivity index (χ4v) is 1.83. The summed E-state index contributed by atoms with van der Waals surface area (Å²) in [7, 11) is 0. The van der Waals surface area contributed by atoms with Crippen molar-refractivity contribution in [3.8, 4) is 0 Å². The zero-order chi connectivity index (χ0) is 8.39. The van der Waals surface area contributed by atoms with Gasteiger partial charge < -0.3 is 10.2 Å². The topological polar surface area (TPSA) is 32.3 Å². The number of nitrogens with one attached hydrogen (secondary N) is 1. The van der Waals surface area contributed by atoms with Crippen LogP contribution in [0.25, 0.3) is 0 Å². The predicted octanol–water partition coefficient (Wildman–Crippen LogP) is 0.361. The highest BCUT2D eigenvalue weighted by atomic mass is 16.2. The summed E-state index contributed by atoms with van der Waals surface area (Å²) in [5, 5.41) is 3.15. The maximum absolute atomic E-state index is 11.6. The van der Waals surface area contributed by atoms with Crippen LogP contribution in [0, 0.1) is 0 Å². The van der Waals surface area contributed by atoms with Crippen molar-refractivity contribution < 1.29 is 4.79 Å². The molecule has 3 heteroatoms. The molecule has 0 aromatic rings. The quantitative estimate of drug-likeness (QED) is 0.613. The molecule has 3 nitrogen and oxygen atoms in total. The van der Waals surface area contributed by atoms with Gasteiger partial charge in [0.15, 0.2) is 0 Å². The third-order valence-corrected chi connectivity index (χ3v) is 2.79. The molecule has 0 unspecified atom stereocenters. The van der Waals surface area contributed by atoms with Crippen molar-refractivity contribution in [3.05, 3.63) is 0 Å². The highest BCUT2D eigenvalue weighted by Crippen LogP contribution is 2.13. The van der Waals surface area contributed by atoms with Crippen molar-refractivity contribution in [2.75, 3.05) is 19.6 Å². The largest absolute Gasteiger partial charge is 0.341 e. The number of piperidine rings is 1. The second-order valence-corrected chi connectivity index (χ2v) is 3.68. The summed E-state index contributed by atoms with van der Waals surface area (Å²) in [6.45, 7) is 2.98. The van der Waals surface area contributed by atoms with E-state index in [1.807, 2.05) is 4.90 Å². The van der Waals surface area contributed by atoms with E-state index in [0.29, 0.717) is 5.91 Å². The van der Waals surface area contributed by atoms with E-state index in [4.69, 9.17) is 0 Å². The van der Waals surface area contributed by atoms with E-state index in [1.165, 1.54) is 19.3 Å². The maximum Gasteiger partial charge on any atom is 0.239 e. The molecular formula is C9H16N2O. The average molecular weight is 168 g/mol. The van der Waals surface area contributed by atoms with Crippen LogP contribution in [0.5, 0.6) is 0 Å². The Labute approximate surface area is 73.1 Å². The minimum atomic E-state index is 0.156. The summed E-state index contributed by atoms with van der Waals surface area (Å²) in [6.07, 6.45) is 4.72. The lowest BCUT2D eigenvalue weighted by atomic mass is 10.0. The van der Waals surface area contributed by atoms with Crippen LogP contribution >= 0.6 is 0 Å². The molecule has 1 N–H and O–H groups in total. The van der Waals surface area contributed by atoms with Gasteiger partial charge in [-0.2, -0.15) is 0 Å². The van der Waals surface area contributed by atoms with Crippen molar-refractivity contribution in [2.45, 2.75) is 31.7 Å². The molecule has 2 aliphatic heterocycles.